The van der Waals surface area contributed by atoms with E-state index in [-0.39, 0.29) is 30.3 Å². The Balaban J connectivity index is 1.39. The summed E-state index contributed by atoms with van der Waals surface area (Å²) in [5.74, 6) is -0.681. The summed E-state index contributed by atoms with van der Waals surface area (Å²) in [5.41, 5.74) is 1.79. The van der Waals surface area contributed by atoms with Crippen molar-refractivity contribution in [2.75, 3.05) is 32.8 Å². The number of nitro groups is 2. The van der Waals surface area contributed by atoms with Crippen LogP contribution in [0.5, 0.6) is 12.0 Å². The maximum atomic E-state index is 11.7. The minimum atomic E-state index is -0.674. The minimum Gasteiger partial charge on any atom is -0.444 e. The van der Waals surface area contributed by atoms with Crippen molar-refractivity contribution in [2.45, 2.75) is 31.8 Å². The van der Waals surface area contributed by atoms with Gasteiger partial charge in [0, 0.05) is 62.0 Å². The molecule has 2 aliphatic heterocycles. The fourth-order valence-electron chi connectivity index (χ4n) is 5.31. The molecule has 0 fully saturated rings. The van der Waals surface area contributed by atoms with Crippen molar-refractivity contribution in [1.82, 2.24) is 38.9 Å². The summed E-state index contributed by atoms with van der Waals surface area (Å²) >= 11 is 6.80. The van der Waals surface area contributed by atoms with Gasteiger partial charge >= 0.3 is 23.7 Å². The van der Waals surface area contributed by atoms with Crippen molar-refractivity contribution < 1.29 is 19.3 Å². The molecule has 16 nitrogen and oxygen atoms in total. The Labute approximate surface area is 267 Å². The van der Waals surface area contributed by atoms with E-state index >= 15 is 0 Å². The quantitative estimate of drug-likeness (QED) is 0.154. The Bertz CT molecular complexity index is 1670. The molecule has 6 heterocycles. The zero-order valence-corrected chi connectivity index (χ0v) is 26.3. The van der Waals surface area contributed by atoms with Gasteiger partial charge in [0.2, 0.25) is 0 Å². The Morgan fingerprint density at radius 2 is 1.64 bits per heavy atom. The number of nitrogens with zero attached hydrogens (tertiary/aromatic N) is 10. The highest BCUT2D eigenvalue weighted by Gasteiger charge is 2.39. The van der Waals surface area contributed by atoms with Crippen molar-refractivity contribution in [3.05, 3.63) is 89.6 Å². The van der Waals surface area contributed by atoms with E-state index in [4.69, 9.17) is 9.47 Å². The van der Waals surface area contributed by atoms with Crippen LogP contribution in [0, 0.1) is 20.2 Å². The van der Waals surface area contributed by atoms with Crippen LogP contribution in [0.3, 0.4) is 0 Å². The Morgan fingerprint density at radius 1 is 0.864 bits per heavy atom. The second-order valence-corrected chi connectivity index (χ2v) is 12.0. The highest BCUT2D eigenvalue weighted by Crippen LogP contribution is 2.32. The monoisotopic (exact) mass is 732 g/mol. The van der Waals surface area contributed by atoms with Crippen LogP contribution in [-0.4, -0.2) is 87.6 Å². The minimum absolute atomic E-state index is 0.102. The second-order valence-electron chi connectivity index (χ2n) is 10.4. The van der Waals surface area contributed by atoms with Crippen molar-refractivity contribution in [3.8, 4) is 12.0 Å². The largest absolute Gasteiger partial charge is 0.444 e. The van der Waals surface area contributed by atoms with E-state index in [9.17, 15) is 20.2 Å². The third-order valence-corrected chi connectivity index (χ3v) is 8.27. The van der Waals surface area contributed by atoms with E-state index in [1.165, 1.54) is 12.4 Å². The second kappa shape index (κ2) is 12.9. The number of aromatic nitrogens is 6. The number of hydrogen-bond donors (Lipinski definition) is 0. The van der Waals surface area contributed by atoms with Gasteiger partial charge in [-0.2, -0.15) is 0 Å². The molecule has 0 saturated carbocycles. The first-order valence-corrected chi connectivity index (χ1v) is 15.2. The van der Waals surface area contributed by atoms with Crippen LogP contribution < -0.4 is 9.47 Å². The molecule has 4 aromatic heterocycles. The molecule has 2 atom stereocenters. The molecule has 18 heteroatoms. The molecule has 4 aromatic rings. The summed E-state index contributed by atoms with van der Waals surface area (Å²) in [4.78, 5) is 43.7. The molecular formula is C26H26Br2N10O6. The lowest BCUT2D eigenvalue weighted by Crippen LogP contribution is -2.48. The summed E-state index contributed by atoms with van der Waals surface area (Å²) in [5, 5.41) is 23.4. The number of fused-ring (bicyclic) bond motifs is 2. The summed E-state index contributed by atoms with van der Waals surface area (Å²) < 4.78 is 17.1. The molecule has 2 aliphatic rings. The fraction of sp³-hybridized carbons (Fsp3) is 0.385. The summed E-state index contributed by atoms with van der Waals surface area (Å²) in [6.45, 7) is 3.44. The van der Waals surface area contributed by atoms with E-state index in [1.54, 1.807) is 15.3 Å². The molecule has 0 aliphatic carbocycles. The molecule has 2 unspecified atom stereocenters. The molecule has 0 amide bonds. The Hall–Kier alpha value is -4.00. The third-order valence-electron chi connectivity index (χ3n) is 7.36. The SMILES string of the molecule is O=[N+]([O-])c1cn2c(n1)OC(C1CN(Cc3cccc(Br)n3)CCOc3nc([N+](=O)[O-])cn31)CN(Cc1ccc(Br)nc1)CC2. The predicted molar refractivity (Wildman–Crippen MR) is 161 cm³/mol. The smallest absolute Gasteiger partial charge is 0.414 e. The van der Waals surface area contributed by atoms with Crippen molar-refractivity contribution >= 4 is 43.5 Å². The van der Waals surface area contributed by atoms with E-state index in [0.29, 0.717) is 55.0 Å². The number of rotatable bonds is 7. The van der Waals surface area contributed by atoms with Gasteiger partial charge in [-0.1, -0.05) is 12.1 Å². The van der Waals surface area contributed by atoms with Crippen LogP contribution >= 0.6 is 31.9 Å². The normalized spacial score (nSPS) is 19.3. The molecule has 230 valence electrons. The molecule has 0 aromatic carbocycles. The van der Waals surface area contributed by atoms with Crippen LogP contribution in [0.4, 0.5) is 11.6 Å². The number of ether oxygens (including phenoxy) is 2. The maximum absolute atomic E-state index is 11.7. The number of halogens is 2. The first-order valence-electron chi connectivity index (χ1n) is 13.6. The van der Waals surface area contributed by atoms with E-state index in [1.807, 2.05) is 30.3 Å². The van der Waals surface area contributed by atoms with Crippen LogP contribution in [0.15, 0.2) is 58.1 Å². The molecule has 6 rings (SSSR count). The van der Waals surface area contributed by atoms with Crippen LogP contribution in [0.2, 0.25) is 0 Å². The molecule has 0 N–H and O–H groups in total. The number of hydrogen-bond acceptors (Lipinski definition) is 12. The molecule has 0 bridgehead atoms. The van der Waals surface area contributed by atoms with E-state index in [2.05, 4.69) is 61.6 Å². The molecule has 0 radical (unpaired) electrons. The van der Waals surface area contributed by atoms with Gasteiger partial charge in [-0.25, -0.2) is 9.97 Å². The Kier molecular flexibility index (Phi) is 8.83. The Morgan fingerprint density at radius 3 is 2.39 bits per heavy atom. The van der Waals surface area contributed by atoms with Gasteiger partial charge in [0.1, 0.15) is 34.3 Å². The first kappa shape index (κ1) is 30.0. The lowest BCUT2D eigenvalue weighted by Gasteiger charge is -2.37. The number of imidazole rings is 2. The van der Waals surface area contributed by atoms with Gasteiger partial charge in [0.15, 0.2) is 0 Å². The first-order chi connectivity index (χ1) is 21.2. The standard InChI is InChI=1S/C26H26Br2N10O6/c27-21-5-4-17(10-29-21)11-33-6-7-35-15-23(37(39)40)31-25(35)44-20(14-33)19-13-34(12-18-2-1-3-22(28)30-18)8-9-43-26-32-24(38(41)42)16-36(19)26/h1-5,10,15-16,19-20H,6-9,11-14H2. The van der Waals surface area contributed by atoms with E-state index in [0.717, 1.165) is 11.3 Å². The zero-order chi connectivity index (χ0) is 30.8. The lowest BCUT2D eigenvalue weighted by atomic mass is 10.1. The molecule has 0 spiro atoms. The molecule has 0 saturated heterocycles. The van der Waals surface area contributed by atoms with Gasteiger partial charge in [0.25, 0.3) is 0 Å². The van der Waals surface area contributed by atoms with Gasteiger partial charge in [0.05, 0.1) is 11.7 Å². The van der Waals surface area contributed by atoms with Crippen molar-refractivity contribution in [2.24, 2.45) is 0 Å². The van der Waals surface area contributed by atoms with Crippen LogP contribution in [-0.2, 0) is 19.6 Å². The van der Waals surface area contributed by atoms with Gasteiger partial charge in [-0.05, 0) is 65.5 Å². The molecule has 44 heavy (non-hydrogen) atoms. The summed E-state index contributed by atoms with van der Waals surface area (Å²) in [6, 6.07) is 9.14. The van der Waals surface area contributed by atoms with E-state index < -0.39 is 22.0 Å². The highest BCUT2D eigenvalue weighted by molar-refractivity contribution is 9.10. The zero-order valence-electron chi connectivity index (χ0n) is 23.1. The number of pyridine rings is 2. The van der Waals surface area contributed by atoms with Gasteiger partial charge < -0.3 is 29.7 Å². The lowest BCUT2D eigenvalue weighted by molar-refractivity contribution is -0.389. The maximum Gasteiger partial charge on any atom is 0.414 e. The van der Waals surface area contributed by atoms with Crippen LogP contribution in [0.1, 0.15) is 17.3 Å². The highest BCUT2D eigenvalue weighted by atomic mass is 79.9. The van der Waals surface area contributed by atoms with Gasteiger partial charge in [-0.15, -0.1) is 0 Å². The van der Waals surface area contributed by atoms with Gasteiger partial charge in [-0.3, -0.25) is 18.9 Å². The predicted octanol–water partition coefficient (Wildman–Crippen LogP) is 3.61. The van der Waals surface area contributed by atoms with Crippen molar-refractivity contribution in [3.63, 3.8) is 0 Å². The van der Waals surface area contributed by atoms with Crippen molar-refractivity contribution in [1.29, 1.82) is 0 Å². The third kappa shape index (κ3) is 6.87. The summed E-state index contributed by atoms with van der Waals surface area (Å²) in [6.07, 6.45) is 3.81. The van der Waals surface area contributed by atoms with Crippen LogP contribution in [0.25, 0.3) is 0 Å². The summed E-state index contributed by atoms with van der Waals surface area (Å²) in [7, 11) is 0. The molecular weight excluding hydrogens is 708 g/mol. The average Bonchev–Trinajstić information content (AvgIpc) is 3.57. The topological polar surface area (TPSA) is 173 Å². The average molecular weight is 734 g/mol. The fourth-order valence-corrected chi connectivity index (χ4v) is 5.93.